The number of benzene rings is 1. The molecule has 8 heteroatoms. The molecule has 6 nitrogen and oxygen atoms in total. The number of nitrogens with one attached hydrogen (secondary N) is 1. The fraction of sp³-hybridized carbons (Fsp3) is 0.167. The van der Waals surface area contributed by atoms with Crippen LogP contribution in [0.25, 0.3) is 0 Å². The van der Waals surface area contributed by atoms with Crippen LogP contribution in [0.1, 0.15) is 6.92 Å². The Balaban J connectivity index is 2.52. The Hall–Kier alpha value is -1.92. The molecule has 1 aliphatic rings. The molecular weight excluding hydrogens is 307 g/mol. The zero-order valence-electron chi connectivity index (χ0n) is 10.1. The van der Waals surface area contributed by atoms with Crippen molar-refractivity contribution in [3.8, 4) is 0 Å². The van der Waals surface area contributed by atoms with Crippen molar-refractivity contribution in [2.24, 2.45) is 5.92 Å². The van der Waals surface area contributed by atoms with E-state index in [-0.39, 0.29) is 15.7 Å². The highest BCUT2D eigenvalue weighted by atomic mass is 35.5. The minimum absolute atomic E-state index is 0.0143. The number of Topliss-reactive ketones (excluding diaryl/α,β-unsaturated/α-hetero) is 1. The SMILES string of the molecule is CC(=O)C1C(=O)NC(=O)N(c2cc(Cl)ccc2Cl)C1=O. The van der Waals surface area contributed by atoms with Gasteiger partial charge in [-0.3, -0.25) is 19.7 Å². The van der Waals surface area contributed by atoms with Crippen molar-refractivity contribution in [2.75, 3.05) is 4.90 Å². The highest BCUT2D eigenvalue weighted by Crippen LogP contribution is 2.31. The van der Waals surface area contributed by atoms with Gasteiger partial charge < -0.3 is 0 Å². The van der Waals surface area contributed by atoms with Gasteiger partial charge in [0.2, 0.25) is 5.91 Å². The van der Waals surface area contributed by atoms with Gasteiger partial charge in [0.1, 0.15) is 0 Å². The van der Waals surface area contributed by atoms with Crippen LogP contribution in [-0.2, 0) is 14.4 Å². The number of carbonyl (C=O) groups is 4. The lowest BCUT2D eigenvalue weighted by Crippen LogP contribution is -2.60. The summed E-state index contributed by atoms with van der Waals surface area (Å²) in [5, 5.41) is 2.28. The van der Waals surface area contributed by atoms with Gasteiger partial charge in [0.25, 0.3) is 5.91 Å². The molecule has 1 atom stereocenters. The molecule has 1 heterocycles. The number of ketones is 1. The number of hydrogen-bond acceptors (Lipinski definition) is 4. The second kappa shape index (κ2) is 5.22. The first kappa shape index (κ1) is 14.5. The monoisotopic (exact) mass is 314 g/mol. The summed E-state index contributed by atoms with van der Waals surface area (Å²) in [6.07, 6.45) is 0. The van der Waals surface area contributed by atoms with E-state index in [0.717, 1.165) is 6.92 Å². The number of amides is 4. The average Bonchev–Trinajstić information content (AvgIpc) is 2.32. The van der Waals surface area contributed by atoms with Crippen LogP contribution in [0.15, 0.2) is 18.2 Å². The zero-order valence-corrected chi connectivity index (χ0v) is 11.7. The molecule has 1 saturated heterocycles. The Morgan fingerprint density at radius 2 is 1.90 bits per heavy atom. The molecule has 4 amide bonds. The summed E-state index contributed by atoms with van der Waals surface area (Å²) in [4.78, 5) is 47.5. The van der Waals surface area contributed by atoms with Gasteiger partial charge in [-0.15, -0.1) is 0 Å². The summed E-state index contributed by atoms with van der Waals surface area (Å²) in [5.74, 6) is -4.12. The molecule has 1 fully saturated rings. The number of anilines is 1. The van der Waals surface area contributed by atoms with Gasteiger partial charge in [-0.05, 0) is 25.1 Å². The number of rotatable bonds is 2. The first-order valence-corrected chi connectivity index (χ1v) is 6.23. The molecule has 1 aromatic carbocycles. The lowest BCUT2D eigenvalue weighted by molar-refractivity contribution is -0.140. The van der Waals surface area contributed by atoms with E-state index in [1.54, 1.807) is 0 Å². The highest BCUT2D eigenvalue weighted by molar-refractivity contribution is 6.40. The van der Waals surface area contributed by atoms with E-state index in [9.17, 15) is 19.2 Å². The molecule has 1 N–H and O–H groups in total. The number of imide groups is 2. The molecule has 0 saturated carbocycles. The van der Waals surface area contributed by atoms with Crippen molar-refractivity contribution in [1.82, 2.24) is 5.32 Å². The molecular formula is C12H8Cl2N2O4. The molecule has 1 unspecified atom stereocenters. The zero-order chi connectivity index (χ0) is 15.0. The van der Waals surface area contributed by atoms with Gasteiger partial charge in [-0.2, -0.15) is 0 Å². The number of barbiturate groups is 1. The summed E-state index contributed by atoms with van der Waals surface area (Å²) in [6.45, 7) is 1.09. The van der Waals surface area contributed by atoms with Gasteiger partial charge in [0.15, 0.2) is 11.7 Å². The number of carbonyl (C=O) groups excluding carboxylic acids is 4. The molecule has 1 aromatic rings. The number of halogens is 2. The van der Waals surface area contributed by atoms with Crippen molar-refractivity contribution in [1.29, 1.82) is 0 Å². The van der Waals surface area contributed by atoms with Crippen molar-refractivity contribution >= 4 is 52.5 Å². The van der Waals surface area contributed by atoms with Crippen LogP contribution >= 0.6 is 23.2 Å². The minimum Gasteiger partial charge on any atom is -0.299 e. The first-order chi connectivity index (χ1) is 9.32. The van der Waals surface area contributed by atoms with Gasteiger partial charge >= 0.3 is 6.03 Å². The van der Waals surface area contributed by atoms with E-state index in [2.05, 4.69) is 0 Å². The Bertz CT molecular complexity index is 644. The molecule has 20 heavy (non-hydrogen) atoms. The predicted octanol–water partition coefficient (Wildman–Crippen LogP) is 1.78. The molecule has 0 bridgehead atoms. The van der Waals surface area contributed by atoms with Crippen LogP contribution < -0.4 is 10.2 Å². The lowest BCUT2D eigenvalue weighted by Gasteiger charge is -2.29. The highest BCUT2D eigenvalue weighted by Gasteiger charge is 2.44. The third-order valence-corrected chi connectivity index (χ3v) is 3.27. The van der Waals surface area contributed by atoms with E-state index in [4.69, 9.17) is 23.2 Å². The largest absolute Gasteiger partial charge is 0.335 e. The van der Waals surface area contributed by atoms with E-state index < -0.39 is 29.5 Å². The summed E-state index contributed by atoms with van der Waals surface area (Å²) in [6, 6.07) is 3.21. The lowest BCUT2D eigenvalue weighted by atomic mass is 10.00. The van der Waals surface area contributed by atoms with Gasteiger partial charge in [0, 0.05) is 5.02 Å². The van der Waals surface area contributed by atoms with E-state index in [1.165, 1.54) is 18.2 Å². The smallest absolute Gasteiger partial charge is 0.299 e. The molecule has 0 radical (unpaired) electrons. The minimum atomic E-state index is -1.57. The second-order valence-electron chi connectivity index (χ2n) is 4.11. The molecule has 0 spiro atoms. The third kappa shape index (κ3) is 2.39. The van der Waals surface area contributed by atoms with Crippen LogP contribution in [0.3, 0.4) is 0 Å². The van der Waals surface area contributed by atoms with Crippen LogP contribution in [0, 0.1) is 5.92 Å². The van der Waals surface area contributed by atoms with E-state index in [0.29, 0.717) is 4.90 Å². The Labute approximate surface area is 123 Å². The Morgan fingerprint density at radius 1 is 1.25 bits per heavy atom. The first-order valence-electron chi connectivity index (χ1n) is 5.47. The second-order valence-corrected chi connectivity index (χ2v) is 4.95. The number of nitrogens with zero attached hydrogens (tertiary/aromatic N) is 1. The van der Waals surface area contributed by atoms with Crippen molar-refractivity contribution < 1.29 is 19.2 Å². The fourth-order valence-electron chi connectivity index (χ4n) is 1.82. The maximum atomic E-state index is 12.2. The fourth-order valence-corrected chi connectivity index (χ4v) is 2.19. The molecule has 2 rings (SSSR count). The van der Waals surface area contributed by atoms with Crippen LogP contribution in [-0.4, -0.2) is 23.6 Å². The van der Waals surface area contributed by atoms with Gasteiger partial charge in [-0.25, -0.2) is 9.69 Å². The third-order valence-electron chi connectivity index (χ3n) is 2.72. The quantitative estimate of drug-likeness (QED) is 0.843. The van der Waals surface area contributed by atoms with Crippen molar-refractivity contribution in [3.63, 3.8) is 0 Å². The van der Waals surface area contributed by atoms with E-state index >= 15 is 0 Å². The summed E-state index contributed by atoms with van der Waals surface area (Å²) < 4.78 is 0. The number of hydrogen-bond donors (Lipinski definition) is 1. The average molecular weight is 315 g/mol. The molecule has 1 aliphatic heterocycles. The normalized spacial score (nSPS) is 19.1. The van der Waals surface area contributed by atoms with Crippen molar-refractivity contribution in [3.05, 3.63) is 28.2 Å². The molecule has 104 valence electrons. The maximum absolute atomic E-state index is 12.2. The summed E-state index contributed by atoms with van der Waals surface area (Å²) >= 11 is 11.7. The predicted molar refractivity (Wildman–Crippen MR) is 71.7 cm³/mol. The molecule has 0 aliphatic carbocycles. The summed E-state index contributed by atoms with van der Waals surface area (Å²) in [7, 11) is 0. The van der Waals surface area contributed by atoms with Crippen LogP contribution in [0.4, 0.5) is 10.5 Å². The van der Waals surface area contributed by atoms with Crippen molar-refractivity contribution in [2.45, 2.75) is 6.92 Å². The van der Waals surface area contributed by atoms with Gasteiger partial charge in [0.05, 0.1) is 10.7 Å². The van der Waals surface area contributed by atoms with Crippen LogP contribution in [0.2, 0.25) is 10.0 Å². The Morgan fingerprint density at radius 3 is 2.50 bits per heavy atom. The Kier molecular flexibility index (Phi) is 3.78. The van der Waals surface area contributed by atoms with Crippen LogP contribution in [0.5, 0.6) is 0 Å². The number of urea groups is 1. The van der Waals surface area contributed by atoms with E-state index in [1.807, 2.05) is 5.32 Å². The molecule has 0 aromatic heterocycles. The topological polar surface area (TPSA) is 83.6 Å². The maximum Gasteiger partial charge on any atom is 0.335 e. The summed E-state index contributed by atoms with van der Waals surface area (Å²) in [5.41, 5.74) is 0.0143. The van der Waals surface area contributed by atoms with Gasteiger partial charge in [-0.1, -0.05) is 23.2 Å². The standard InChI is InChI=1S/C12H8Cl2N2O4/c1-5(17)9-10(18)15-12(20)16(11(9)19)8-4-6(13)2-3-7(8)14/h2-4,9H,1H3,(H,15,18,20).